The number of rotatable bonds is 5. The molecule has 5 heteroatoms. The second-order valence-corrected chi connectivity index (χ2v) is 7.89. The molecule has 0 radical (unpaired) electrons. The molecule has 0 aromatic heterocycles. The quantitative estimate of drug-likeness (QED) is 0.907. The molecule has 1 heterocycles. The first kappa shape index (κ1) is 15.7. The average Bonchev–Trinajstić information content (AvgIpc) is 3.17. The van der Waals surface area contributed by atoms with Crippen molar-refractivity contribution in [2.45, 2.75) is 44.2 Å². The Hall–Kier alpha value is -1.17. The van der Waals surface area contributed by atoms with Crippen molar-refractivity contribution in [3.63, 3.8) is 0 Å². The minimum atomic E-state index is -3.37. The Morgan fingerprint density at radius 1 is 1.09 bits per heavy atom. The molecule has 2 aliphatic rings. The number of benzene rings is 1. The van der Waals surface area contributed by atoms with E-state index in [0.29, 0.717) is 6.04 Å². The number of sulfonamides is 1. The largest absolute Gasteiger partial charge is 0.299 e. The average molecular weight is 320 g/mol. The highest BCUT2D eigenvalue weighted by Crippen LogP contribution is 2.26. The number of nitrogens with zero attached hydrogens (tertiary/aromatic N) is 1. The van der Waals surface area contributed by atoms with E-state index in [2.05, 4.69) is 9.62 Å². The van der Waals surface area contributed by atoms with Crippen LogP contribution in [-0.4, -0.2) is 38.5 Å². The standard InChI is InChI=1S/C17H24N2O2S/c20-22(21,13-11-15-6-2-1-3-7-15)18-16-10-12-19(14-16)17-8-4-5-9-17/h1-3,6-7,11,13,16-18H,4-5,8-10,12,14H2/b13-11+/t16-/m0/s1. The minimum absolute atomic E-state index is 0.0472. The van der Waals surface area contributed by atoms with Crippen LogP contribution in [0.1, 0.15) is 37.7 Å². The topological polar surface area (TPSA) is 49.4 Å². The van der Waals surface area contributed by atoms with E-state index in [4.69, 9.17) is 0 Å². The van der Waals surface area contributed by atoms with Crippen LogP contribution in [0.4, 0.5) is 0 Å². The molecular weight excluding hydrogens is 296 g/mol. The molecule has 1 atom stereocenters. The Bertz CT molecular complexity index is 607. The third kappa shape index (κ3) is 4.18. The second-order valence-electron chi connectivity index (χ2n) is 6.30. The van der Waals surface area contributed by atoms with Gasteiger partial charge < -0.3 is 0 Å². The maximum Gasteiger partial charge on any atom is 0.234 e. The summed E-state index contributed by atoms with van der Waals surface area (Å²) in [6.07, 6.45) is 7.73. The second kappa shape index (κ2) is 6.94. The number of nitrogens with one attached hydrogen (secondary N) is 1. The van der Waals surface area contributed by atoms with Crippen LogP contribution in [0.15, 0.2) is 35.7 Å². The van der Waals surface area contributed by atoms with Gasteiger partial charge in [-0.05, 0) is 30.9 Å². The highest BCUT2D eigenvalue weighted by Gasteiger charge is 2.31. The van der Waals surface area contributed by atoms with Gasteiger partial charge in [0.1, 0.15) is 0 Å². The van der Waals surface area contributed by atoms with Crippen molar-refractivity contribution in [1.82, 2.24) is 9.62 Å². The summed E-state index contributed by atoms with van der Waals surface area (Å²) in [5.41, 5.74) is 0.895. The smallest absolute Gasteiger partial charge is 0.234 e. The molecule has 1 N–H and O–H groups in total. The Balaban J connectivity index is 1.55. The van der Waals surface area contributed by atoms with Gasteiger partial charge in [0.25, 0.3) is 0 Å². The highest BCUT2D eigenvalue weighted by molar-refractivity contribution is 7.92. The van der Waals surface area contributed by atoms with Gasteiger partial charge in [-0.25, -0.2) is 13.1 Å². The lowest BCUT2D eigenvalue weighted by Gasteiger charge is -2.23. The summed E-state index contributed by atoms with van der Waals surface area (Å²) in [6, 6.07) is 10.2. The molecule has 0 spiro atoms. The molecule has 0 amide bonds. The van der Waals surface area contributed by atoms with Crippen LogP contribution in [0.25, 0.3) is 6.08 Å². The maximum atomic E-state index is 12.2. The molecule has 1 aromatic carbocycles. The molecule has 1 saturated heterocycles. The number of hydrogen-bond donors (Lipinski definition) is 1. The first-order chi connectivity index (χ1) is 10.6. The van der Waals surface area contributed by atoms with Crippen LogP contribution in [-0.2, 0) is 10.0 Å². The summed E-state index contributed by atoms with van der Waals surface area (Å²) in [4.78, 5) is 2.46. The molecule has 0 bridgehead atoms. The Morgan fingerprint density at radius 3 is 2.55 bits per heavy atom. The molecule has 0 unspecified atom stereocenters. The highest BCUT2D eigenvalue weighted by atomic mass is 32.2. The molecule has 22 heavy (non-hydrogen) atoms. The first-order valence-corrected chi connectivity index (χ1v) is 9.66. The maximum absolute atomic E-state index is 12.2. The van der Waals surface area contributed by atoms with Crippen molar-refractivity contribution in [2.24, 2.45) is 0 Å². The lowest BCUT2D eigenvalue weighted by molar-refractivity contribution is 0.242. The van der Waals surface area contributed by atoms with Crippen molar-refractivity contribution in [3.05, 3.63) is 41.3 Å². The third-order valence-corrected chi connectivity index (χ3v) is 5.79. The molecule has 1 aliphatic carbocycles. The monoisotopic (exact) mass is 320 g/mol. The molecule has 1 aliphatic heterocycles. The number of likely N-dealkylation sites (tertiary alicyclic amines) is 1. The first-order valence-electron chi connectivity index (χ1n) is 8.12. The summed E-state index contributed by atoms with van der Waals surface area (Å²) in [7, 11) is -3.37. The van der Waals surface area contributed by atoms with E-state index in [1.165, 1.54) is 31.1 Å². The molecule has 3 rings (SSSR count). The van der Waals surface area contributed by atoms with Crippen molar-refractivity contribution >= 4 is 16.1 Å². The van der Waals surface area contributed by atoms with Gasteiger partial charge in [-0.1, -0.05) is 43.2 Å². The van der Waals surface area contributed by atoms with Gasteiger partial charge in [-0.3, -0.25) is 4.90 Å². The summed E-state index contributed by atoms with van der Waals surface area (Å²) in [5.74, 6) is 0. The van der Waals surface area contributed by atoms with E-state index in [9.17, 15) is 8.42 Å². The fourth-order valence-electron chi connectivity index (χ4n) is 3.49. The SMILES string of the molecule is O=S(=O)(/C=C/c1ccccc1)N[C@H]1CCN(C2CCCC2)C1. The van der Waals surface area contributed by atoms with Crippen molar-refractivity contribution in [3.8, 4) is 0 Å². The summed E-state index contributed by atoms with van der Waals surface area (Å²) < 4.78 is 27.2. The summed E-state index contributed by atoms with van der Waals surface area (Å²) in [6.45, 7) is 1.86. The molecule has 2 fully saturated rings. The predicted molar refractivity (Wildman–Crippen MR) is 89.8 cm³/mol. The van der Waals surface area contributed by atoms with E-state index in [1.807, 2.05) is 30.3 Å². The Morgan fingerprint density at radius 2 is 1.82 bits per heavy atom. The fourth-order valence-corrected chi connectivity index (χ4v) is 4.56. The molecule has 1 saturated carbocycles. The predicted octanol–water partition coefficient (Wildman–Crippen LogP) is 2.59. The minimum Gasteiger partial charge on any atom is -0.299 e. The third-order valence-electron chi connectivity index (χ3n) is 4.63. The van der Waals surface area contributed by atoms with Crippen molar-refractivity contribution < 1.29 is 8.42 Å². The van der Waals surface area contributed by atoms with E-state index < -0.39 is 10.0 Å². The van der Waals surface area contributed by atoms with Crippen molar-refractivity contribution in [2.75, 3.05) is 13.1 Å². The van der Waals surface area contributed by atoms with E-state index >= 15 is 0 Å². The van der Waals surface area contributed by atoms with Gasteiger partial charge in [0.05, 0.1) is 0 Å². The molecule has 4 nitrogen and oxygen atoms in total. The van der Waals surface area contributed by atoms with Crippen LogP contribution < -0.4 is 4.72 Å². The number of hydrogen-bond acceptors (Lipinski definition) is 3. The van der Waals surface area contributed by atoms with Gasteiger partial charge in [-0.2, -0.15) is 0 Å². The van der Waals surface area contributed by atoms with Crippen LogP contribution in [0.5, 0.6) is 0 Å². The molecule has 120 valence electrons. The molecular formula is C17H24N2O2S. The van der Waals surface area contributed by atoms with Gasteiger partial charge in [0, 0.05) is 30.6 Å². The summed E-state index contributed by atoms with van der Waals surface area (Å²) in [5, 5.41) is 1.28. The summed E-state index contributed by atoms with van der Waals surface area (Å²) >= 11 is 0. The normalized spacial score (nSPS) is 24.5. The van der Waals surface area contributed by atoms with E-state index in [-0.39, 0.29) is 6.04 Å². The lowest BCUT2D eigenvalue weighted by atomic mass is 10.2. The van der Waals surface area contributed by atoms with Gasteiger partial charge in [-0.15, -0.1) is 0 Å². The van der Waals surface area contributed by atoms with Gasteiger partial charge in [0.15, 0.2) is 0 Å². The zero-order chi connectivity index (χ0) is 15.4. The Kier molecular flexibility index (Phi) is 4.96. The zero-order valence-electron chi connectivity index (χ0n) is 12.8. The van der Waals surface area contributed by atoms with Gasteiger partial charge >= 0.3 is 0 Å². The molecule has 1 aromatic rings. The zero-order valence-corrected chi connectivity index (χ0v) is 13.6. The van der Waals surface area contributed by atoms with Crippen LogP contribution in [0, 0.1) is 0 Å². The van der Waals surface area contributed by atoms with E-state index in [0.717, 1.165) is 25.1 Å². The van der Waals surface area contributed by atoms with Crippen molar-refractivity contribution in [1.29, 1.82) is 0 Å². The Labute approximate surface area is 133 Å². The van der Waals surface area contributed by atoms with Gasteiger partial charge in [0.2, 0.25) is 10.0 Å². The van der Waals surface area contributed by atoms with Crippen LogP contribution >= 0.6 is 0 Å². The lowest BCUT2D eigenvalue weighted by Crippen LogP contribution is -2.38. The fraction of sp³-hybridized carbons (Fsp3) is 0.529. The van der Waals surface area contributed by atoms with Crippen LogP contribution in [0.2, 0.25) is 0 Å². The van der Waals surface area contributed by atoms with Crippen LogP contribution in [0.3, 0.4) is 0 Å². The van der Waals surface area contributed by atoms with E-state index in [1.54, 1.807) is 6.08 Å².